The molecule has 1 unspecified atom stereocenters. The van der Waals surface area contributed by atoms with Crippen molar-refractivity contribution in [3.05, 3.63) is 61.5 Å². The van der Waals surface area contributed by atoms with Crippen LogP contribution in [-0.4, -0.2) is 7.11 Å². The van der Waals surface area contributed by atoms with Crippen LogP contribution >= 0.6 is 43.5 Å². The van der Waals surface area contributed by atoms with E-state index in [0.717, 1.165) is 32.2 Å². The Morgan fingerprint density at radius 2 is 2.00 bits per heavy atom. The fourth-order valence-electron chi connectivity index (χ4n) is 2.12. The summed E-state index contributed by atoms with van der Waals surface area (Å²) < 4.78 is 7.09. The lowest BCUT2D eigenvalue weighted by Crippen LogP contribution is -2.29. The van der Waals surface area contributed by atoms with Crippen molar-refractivity contribution in [2.45, 2.75) is 12.5 Å². The molecule has 0 aliphatic heterocycles. The zero-order chi connectivity index (χ0) is 15.4. The molecule has 21 heavy (non-hydrogen) atoms. The molecule has 1 atom stereocenters. The van der Waals surface area contributed by atoms with Crippen LogP contribution in [-0.2, 0) is 6.42 Å². The topological polar surface area (TPSA) is 47.3 Å². The minimum absolute atomic E-state index is 0.0275. The number of nitrogens with one attached hydrogen (secondary N) is 1. The first-order chi connectivity index (χ1) is 10.0. The van der Waals surface area contributed by atoms with Crippen molar-refractivity contribution < 1.29 is 4.74 Å². The first-order valence-corrected chi connectivity index (χ1v) is 8.24. The summed E-state index contributed by atoms with van der Waals surface area (Å²) in [6.07, 6.45) is 0.742. The van der Waals surface area contributed by atoms with Gasteiger partial charge in [-0.2, -0.15) is 0 Å². The fraction of sp³-hybridized carbons (Fsp3) is 0.200. The van der Waals surface area contributed by atoms with E-state index in [1.165, 1.54) is 0 Å². The van der Waals surface area contributed by atoms with E-state index in [9.17, 15) is 0 Å². The number of hydrogen-bond acceptors (Lipinski definition) is 3. The van der Waals surface area contributed by atoms with Crippen LogP contribution in [0.1, 0.15) is 17.2 Å². The zero-order valence-corrected chi connectivity index (χ0v) is 15.3. The lowest BCUT2D eigenvalue weighted by atomic mass is 9.99. The van der Waals surface area contributed by atoms with Crippen molar-refractivity contribution in [1.82, 2.24) is 5.43 Å². The second kappa shape index (κ2) is 7.61. The molecule has 2 aromatic carbocycles. The number of methoxy groups -OCH3 is 1. The van der Waals surface area contributed by atoms with E-state index in [1.54, 1.807) is 7.11 Å². The molecule has 3 N–H and O–H groups in total. The van der Waals surface area contributed by atoms with Crippen molar-refractivity contribution in [2.75, 3.05) is 7.11 Å². The van der Waals surface area contributed by atoms with Crippen LogP contribution in [0.2, 0.25) is 5.02 Å². The van der Waals surface area contributed by atoms with Crippen molar-refractivity contribution in [3.63, 3.8) is 0 Å². The Morgan fingerprint density at radius 3 is 2.57 bits per heavy atom. The molecule has 0 saturated carbocycles. The van der Waals surface area contributed by atoms with Crippen LogP contribution in [0.5, 0.6) is 5.75 Å². The first kappa shape index (κ1) is 16.8. The number of benzene rings is 2. The highest BCUT2D eigenvalue weighted by molar-refractivity contribution is 9.10. The second-order valence-corrected chi connectivity index (χ2v) is 6.80. The summed E-state index contributed by atoms with van der Waals surface area (Å²) in [6.45, 7) is 0. The van der Waals surface area contributed by atoms with Crippen LogP contribution in [0, 0.1) is 0 Å². The summed E-state index contributed by atoms with van der Waals surface area (Å²) in [6, 6.07) is 11.7. The van der Waals surface area contributed by atoms with E-state index in [1.807, 2.05) is 36.4 Å². The third-order valence-corrected chi connectivity index (χ3v) is 4.44. The molecule has 0 spiro atoms. The minimum atomic E-state index is -0.0275. The van der Waals surface area contributed by atoms with Gasteiger partial charge in [-0.15, -0.1) is 0 Å². The molecule has 2 rings (SSSR count). The molecule has 0 aliphatic carbocycles. The molecular weight excluding hydrogens is 419 g/mol. The van der Waals surface area contributed by atoms with E-state index >= 15 is 0 Å². The highest BCUT2D eigenvalue weighted by Gasteiger charge is 2.13. The normalized spacial score (nSPS) is 12.2. The number of halogens is 3. The number of ether oxygens (including phenoxy) is 1. The fourth-order valence-corrected chi connectivity index (χ4v) is 3.60. The number of rotatable bonds is 5. The molecule has 0 bridgehead atoms. The van der Waals surface area contributed by atoms with Gasteiger partial charge in [0.1, 0.15) is 5.75 Å². The maximum absolute atomic E-state index is 6.10. The van der Waals surface area contributed by atoms with Crippen molar-refractivity contribution >= 4 is 43.5 Å². The van der Waals surface area contributed by atoms with E-state index in [4.69, 9.17) is 22.2 Å². The third kappa shape index (κ3) is 4.44. The van der Waals surface area contributed by atoms with E-state index < -0.39 is 0 Å². The number of nitrogens with two attached hydrogens (primary N) is 1. The van der Waals surface area contributed by atoms with E-state index in [0.29, 0.717) is 5.02 Å². The molecule has 0 radical (unpaired) electrons. The van der Waals surface area contributed by atoms with Gasteiger partial charge in [0.2, 0.25) is 0 Å². The van der Waals surface area contributed by atoms with Gasteiger partial charge in [-0.3, -0.25) is 11.3 Å². The maximum atomic E-state index is 6.10. The van der Waals surface area contributed by atoms with Gasteiger partial charge >= 0.3 is 0 Å². The molecule has 0 aromatic heterocycles. The van der Waals surface area contributed by atoms with Crippen molar-refractivity contribution in [3.8, 4) is 5.75 Å². The molecular formula is C15H15Br2ClN2O. The largest absolute Gasteiger partial charge is 0.496 e. The molecule has 112 valence electrons. The molecule has 6 heteroatoms. The zero-order valence-electron chi connectivity index (χ0n) is 11.4. The molecule has 2 aromatic rings. The Kier molecular flexibility index (Phi) is 6.08. The van der Waals surface area contributed by atoms with Crippen LogP contribution < -0.4 is 16.0 Å². The average Bonchev–Trinajstić information content (AvgIpc) is 2.43. The summed E-state index contributed by atoms with van der Waals surface area (Å²) in [5.41, 5.74) is 5.02. The third-order valence-electron chi connectivity index (χ3n) is 3.14. The summed E-state index contributed by atoms with van der Waals surface area (Å²) in [5, 5.41) is 0.676. The van der Waals surface area contributed by atoms with Gasteiger partial charge in [0.25, 0.3) is 0 Å². The Morgan fingerprint density at radius 1 is 1.24 bits per heavy atom. The van der Waals surface area contributed by atoms with Gasteiger partial charge < -0.3 is 4.74 Å². The van der Waals surface area contributed by atoms with Crippen LogP contribution in [0.15, 0.2) is 45.3 Å². The Balaban J connectivity index is 2.24. The molecule has 0 fully saturated rings. The predicted molar refractivity (Wildman–Crippen MR) is 93.6 cm³/mol. The van der Waals surface area contributed by atoms with Gasteiger partial charge in [-0.05, 0) is 63.8 Å². The highest BCUT2D eigenvalue weighted by Crippen LogP contribution is 2.29. The summed E-state index contributed by atoms with van der Waals surface area (Å²) in [4.78, 5) is 0. The monoisotopic (exact) mass is 432 g/mol. The summed E-state index contributed by atoms with van der Waals surface area (Å²) >= 11 is 13.0. The van der Waals surface area contributed by atoms with Crippen LogP contribution in [0.4, 0.5) is 0 Å². The smallest absolute Gasteiger partial charge is 0.133 e. The van der Waals surface area contributed by atoms with Gasteiger partial charge in [0.05, 0.1) is 17.6 Å². The predicted octanol–water partition coefficient (Wildman–Crippen LogP) is 4.62. The quantitative estimate of drug-likeness (QED) is 0.533. The highest BCUT2D eigenvalue weighted by atomic mass is 79.9. The standard InChI is InChI=1S/C15H15Br2ClN2O/c1-21-15-3-2-9(4-13(15)17)5-14(20-19)10-6-11(16)8-12(18)7-10/h2-4,6-8,14,20H,5,19H2,1H3. The molecule has 3 nitrogen and oxygen atoms in total. The van der Waals surface area contributed by atoms with Crippen LogP contribution in [0.25, 0.3) is 0 Å². The number of hydrazine groups is 1. The Bertz CT molecular complexity index is 617. The van der Waals surface area contributed by atoms with Gasteiger partial charge in [0, 0.05) is 9.50 Å². The second-order valence-electron chi connectivity index (χ2n) is 4.60. The summed E-state index contributed by atoms with van der Waals surface area (Å²) in [5.74, 6) is 6.51. The van der Waals surface area contributed by atoms with E-state index in [2.05, 4.69) is 37.3 Å². The summed E-state index contributed by atoms with van der Waals surface area (Å²) in [7, 11) is 1.65. The molecule has 0 amide bonds. The van der Waals surface area contributed by atoms with Crippen molar-refractivity contribution in [1.29, 1.82) is 0 Å². The Hall–Kier alpha value is -0.590. The lowest BCUT2D eigenvalue weighted by Gasteiger charge is -2.18. The maximum Gasteiger partial charge on any atom is 0.133 e. The SMILES string of the molecule is COc1ccc(CC(NN)c2cc(Cl)cc(Br)c2)cc1Br. The number of hydrogen-bond donors (Lipinski definition) is 2. The molecule has 0 aliphatic rings. The first-order valence-electron chi connectivity index (χ1n) is 6.28. The van der Waals surface area contributed by atoms with Crippen molar-refractivity contribution in [2.24, 2.45) is 5.84 Å². The molecule has 0 heterocycles. The minimum Gasteiger partial charge on any atom is -0.496 e. The van der Waals surface area contributed by atoms with Crippen LogP contribution in [0.3, 0.4) is 0 Å². The lowest BCUT2D eigenvalue weighted by molar-refractivity contribution is 0.412. The van der Waals surface area contributed by atoms with Gasteiger partial charge in [-0.25, -0.2) is 0 Å². The Labute approximate surface area is 146 Å². The average molecular weight is 435 g/mol. The van der Waals surface area contributed by atoms with Gasteiger partial charge in [0.15, 0.2) is 0 Å². The van der Waals surface area contributed by atoms with E-state index in [-0.39, 0.29) is 6.04 Å². The van der Waals surface area contributed by atoms with Gasteiger partial charge in [-0.1, -0.05) is 33.6 Å². The molecule has 0 saturated heterocycles.